The number of amides is 2. The molecular weight excluding hydrogens is 332 g/mol. The number of aryl methyl sites for hydroxylation is 2. The van der Waals surface area contributed by atoms with Gasteiger partial charge in [-0.3, -0.25) is 9.59 Å². The Labute approximate surface area is 152 Å². The van der Waals surface area contributed by atoms with Gasteiger partial charge in [0.1, 0.15) is 0 Å². The zero-order valence-corrected chi connectivity index (χ0v) is 15.3. The molecule has 0 atom stereocenters. The molecular formula is C20H24N2O2S. The third-order valence-electron chi connectivity index (χ3n) is 4.58. The van der Waals surface area contributed by atoms with Gasteiger partial charge < -0.3 is 10.2 Å². The van der Waals surface area contributed by atoms with Gasteiger partial charge >= 0.3 is 0 Å². The molecule has 1 aromatic carbocycles. The predicted molar refractivity (Wildman–Crippen MR) is 101 cm³/mol. The van der Waals surface area contributed by atoms with Crippen molar-refractivity contribution in [1.82, 2.24) is 10.2 Å². The molecule has 2 heterocycles. The Hall–Kier alpha value is -2.14. The van der Waals surface area contributed by atoms with E-state index < -0.39 is 0 Å². The quantitative estimate of drug-likeness (QED) is 0.892. The van der Waals surface area contributed by atoms with Gasteiger partial charge in [-0.15, -0.1) is 11.3 Å². The molecule has 1 saturated heterocycles. The predicted octanol–water partition coefficient (Wildman–Crippen LogP) is 3.41. The Morgan fingerprint density at radius 2 is 1.84 bits per heavy atom. The first-order chi connectivity index (χ1) is 12.1. The van der Waals surface area contributed by atoms with Crippen LogP contribution < -0.4 is 5.32 Å². The summed E-state index contributed by atoms with van der Waals surface area (Å²) >= 11 is 1.54. The normalized spacial score (nSPS) is 15.2. The number of hydrogen-bond donors (Lipinski definition) is 1. The fourth-order valence-electron chi connectivity index (χ4n) is 3.13. The van der Waals surface area contributed by atoms with Gasteiger partial charge in [-0.05, 0) is 43.9 Å². The summed E-state index contributed by atoms with van der Waals surface area (Å²) < 4.78 is 0. The van der Waals surface area contributed by atoms with Crippen LogP contribution >= 0.6 is 11.3 Å². The van der Waals surface area contributed by atoms with Crippen molar-refractivity contribution < 1.29 is 9.59 Å². The molecule has 0 aliphatic carbocycles. The average Bonchev–Trinajstić information content (AvgIpc) is 3.07. The molecule has 1 aliphatic heterocycles. The Kier molecular flexibility index (Phi) is 5.87. The minimum atomic E-state index is 0.0995. The minimum Gasteiger partial charge on any atom is -0.353 e. The lowest BCUT2D eigenvalue weighted by molar-refractivity contribution is -0.122. The first kappa shape index (κ1) is 17.7. The molecule has 2 amide bonds. The molecule has 1 aliphatic rings. The van der Waals surface area contributed by atoms with E-state index in [9.17, 15) is 9.59 Å². The molecule has 1 aromatic heterocycles. The maximum atomic E-state index is 12.5. The summed E-state index contributed by atoms with van der Waals surface area (Å²) in [5.41, 5.74) is 1.18. The SMILES string of the molecule is Cc1ccc(C(=O)N2CCC(NC(=O)CCc3ccccc3)CC2)s1. The molecule has 1 N–H and O–H groups in total. The number of thiophene rings is 1. The van der Waals surface area contributed by atoms with Crippen molar-refractivity contribution in [3.8, 4) is 0 Å². The number of nitrogens with zero attached hydrogens (tertiary/aromatic N) is 1. The van der Waals surface area contributed by atoms with Crippen molar-refractivity contribution in [2.75, 3.05) is 13.1 Å². The number of rotatable bonds is 5. The largest absolute Gasteiger partial charge is 0.353 e. The third kappa shape index (κ3) is 4.92. The second kappa shape index (κ2) is 8.30. The summed E-state index contributed by atoms with van der Waals surface area (Å²) in [6.07, 6.45) is 2.93. The van der Waals surface area contributed by atoms with Gasteiger partial charge in [0.05, 0.1) is 4.88 Å². The van der Waals surface area contributed by atoms with Crippen molar-refractivity contribution in [3.05, 3.63) is 57.8 Å². The smallest absolute Gasteiger partial charge is 0.263 e. The van der Waals surface area contributed by atoms with E-state index >= 15 is 0 Å². The number of carbonyl (C=O) groups is 2. The van der Waals surface area contributed by atoms with Crippen LogP contribution in [0, 0.1) is 6.92 Å². The number of hydrogen-bond acceptors (Lipinski definition) is 3. The monoisotopic (exact) mass is 356 g/mol. The second-order valence-electron chi connectivity index (χ2n) is 6.53. The highest BCUT2D eigenvalue weighted by Gasteiger charge is 2.25. The highest BCUT2D eigenvalue weighted by atomic mass is 32.1. The van der Waals surface area contributed by atoms with Crippen molar-refractivity contribution in [2.45, 2.75) is 38.6 Å². The summed E-state index contributed by atoms with van der Waals surface area (Å²) in [5, 5.41) is 3.12. The molecule has 0 saturated carbocycles. The lowest BCUT2D eigenvalue weighted by atomic mass is 10.0. The van der Waals surface area contributed by atoms with E-state index in [0.29, 0.717) is 19.5 Å². The maximum Gasteiger partial charge on any atom is 0.263 e. The Bertz CT molecular complexity index is 718. The fourth-order valence-corrected chi connectivity index (χ4v) is 3.97. The zero-order valence-electron chi connectivity index (χ0n) is 14.5. The first-order valence-electron chi connectivity index (χ1n) is 8.81. The molecule has 0 spiro atoms. The van der Waals surface area contributed by atoms with Crippen LogP contribution in [0.3, 0.4) is 0 Å². The van der Waals surface area contributed by atoms with E-state index in [-0.39, 0.29) is 17.9 Å². The van der Waals surface area contributed by atoms with E-state index in [1.807, 2.05) is 54.3 Å². The second-order valence-corrected chi connectivity index (χ2v) is 7.82. The van der Waals surface area contributed by atoms with Crippen LogP contribution in [0.1, 0.15) is 39.4 Å². The van der Waals surface area contributed by atoms with Crippen LogP contribution in [0.5, 0.6) is 0 Å². The van der Waals surface area contributed by atoms with Crippen LogP contribution in [0.4, 0.5) is 0 Å². The van der Waals surface area contributed by atoms with E-state index in [2.05, 4.69) is 5.32 Å². The summed E-state index contributed by atoms with van der Waals surface area (Å²) in [4.78, 5) is 28.4. The number of benzene rings is 1. The summed E-state index contributed by atoms with van der Waals surface area (Å²) in [5.74, 6) is 0.217. The van der Waals surface area contributed by atoms with Crippen molar-refractivity contribution in [1.29, 1.82) is 0 Å². The molecule has 5 heteroatoms. The van der Waals surface area contributed by atoms with Gasteiger partial charge in [0, 0.05) is 30.4 Å². The maximum absolute atomic E-state index is 12.5. The Morgan fingerprint density at radius 1 is 1.12 bits per heavy atom. The van der Waals surface area contributed by atoms with Crippen LogP contribution in [0.2, 0.25) is 0 Å². The fraction of sp³-hybridized carbons (Fsp3) is 0.400. The molecule has 132 valence electrons. The van der Waals surface area contributed by atoms with E-state index in [4.69, 9.17) is 0 Å². The van der Waals surface area contributed by atoms with Crippen molar-refractivity contribution in [3.63, 3.8) is 0 Å². The lowest BCUT2D eigenvalue weighted by Gasteiger charge is -2.32. The topological polar surface area (TPSA) is 49.4 Å². The number of carbonyl (C=O) groups excluding carboxylic acids is 2. The molecule has 0 unspecified atom stereocenters. The molecule has 0 bridgehead atoms. The van der Waals surface area contributed by atoms with Gasteiger partial charge in [0.25, 0.3) is 5.91 Å². The molecule has 4 nitrogen and oxygen atoms in total. The molecule has 1 fully saturated rings. The average molecular weight is 356 g/mol. The number of piperidine rings is 1. The number of nitrogens with one attached hydrogen (secondary N) is 1. The van der Waals surface area contributed by atoms with Gasteiger partial charge in [-0.1, -0.05) is 30.3 Å². The zero-order chi connectivity index (χ0) is 17.6. The minimum absolute atomic E-state index is 0.0995. The van der Waals surface area contributed by atoms with Crippen molar-refractivity contribution in [2.24, 2.45) is 0 Å². The summed E-state index contributed by atoms with van der Waals surface area (Å²) in [6, 6.07) is 14.1. The van der Waals surface area contributed by atoms with E-state index in [1.54, 1.807) is 11.3 Å². The van der Waals surface area contributed by atoms with Gasteiger partial charge in [0.2, 0.25) is 5.91 Å². The van der Waals surface area contributed by atoms with Crippen molar-refractivity contribution >= 4 is 23.2 Å². The highest BCUT2D eigenvalue weighted by molar-refractivity contribution is 7.13. The molecule has 2 aromatic rings. The van der Waals surface area contributed by atoms with E-state index in [0.717, 1.165) is 29.0 Å². The lowest BCUT2D eigenvalue weighted by Crippen LogP contribution is -2.46. The van der Waals surface area contributed by atoms with Crippen LogP contribution in [0.15, 0.2) is 42.5 Å². The van der Waals surface area contributed by atoms with E-state index in [1.165, 1.54) is 5.56 Å². The highest BCUT2D eigenvalue weighted by Crippen LogP contribution is 2.20. The molecule has 25 heavy (non-hydrogen) atoms. The Morgan fingerprint density at radius 3 is 2.48 bits per heavy atom. The molecule has 3 rings (SSSR count). The van der Waals surface area contributed by atoms with Gasteiger partial charge in [-0.25, -0.2) is 0 Å². The number of likely N-dealkylation sites (tertiary alicyclic amines) is 1. The first-order valence-corrected chi connectivity index (χ1v) is 9.62. The van der Waals surface area contributed by atoms with Gasteiger partial charge in [0.15, 0.2) is 0 Å². The van der Waals surface area contributed by atoms with Crippen LogP contribution in [-0.2, 0) is 11.2 Å². The molecule has 0 radical (unpaired) electrons. The summed E-state index contributed by atoms with van der Waals surface area (Å²) in [6.45, 7) is 3.43. The van der Waals surface area contributed by atoms with Gasteiger partial charge in [-0.2, -0.15) is 0 Å². The van der Waals surface area contributed by atoms with Crippen LogP contribution in [0.25, 0.3) is 0 Å². The third-order valence-corrected chi connectivity index (χ3v) is 5.57. The summed E-state index contributed by atoms with van der Waals surface area (Å²) in [7, 11) is 0. The standard InChI is InChI=1S/C20H24N2O2S/c1-15-7-9-18(25-15)20(24)22-13-11-17(12-14-22)21-19(23)10-8-16-5-3-2-4-6-16/h2-7,9,17H,8,10-14H2,1H3,(H,21,23). The Balaban J connectivity index is 1.41. The van der Waals surface area contributed by atoms with Crippen LogP contribution in [-0.4, -0.2) is 35.8 Å².